The molecule has 2 atom stereocenters. The predicted molar refractivity (Wildman–Crippen MR) is 102 cm³/mol. The minimum atomic E-state index is -0.478. The fraction of sp³-hybridized carbons (Fsp3) is 0.857. The molecule has 6 rings (SSSR count). The van der Waals surface area contributed by atoms with Gasteiger partial charge in [0.1, 0.15) is 5.54 Å². The van der Waals surface area contributed by atoms with Crippen LogP contribution in [0, 0.1) is 24.2 Å². The van der Waals surface area contributed by atoms with E-state index in [4.69, 9.17) is 16.1 Å². The fourth-order valence-corrected chi connectivity index (χ4v) is 7.69. The highest BCUT2D eigenvalue weighted by Crippen LogP contribution is 2.64. The molecule has 148 valence electrons. The van der Waals surface area contributed by atoms with Gasteiger partial charge in [-0.2, -0.15) is 4.98 Å². The third-order valence-corrected chi connectivity index (χ3v) is 8.18. The Morgan fingerprint density at radius 1 is 1.11 bits per heavy atom. The molecule has 5 aliphatic rings. The van der Waals surface area contributed by atoms with E-state index in [1.54, 1.807) is 0 Å². The van der Waals surface area contributed by atoms with Crippen LogP contribution in [0.5, 0.6) is 0 Å². The second-order valence-electron chi connectivity index (χ2n) is 9.98. The van der Waals surface area contributed by atoms with Gasteiger partial charge in [0.25, 0.3) is 0 Å². The van der Waals surface area contributed by atoms with Crippen molar-refractivity contribution in [3.63, 3.8) is 0 Å². The second kappa shape index (κ2) is 6.20. The van der Waals surface area contributed by atoms with Crippen molar-refractivity contribution in [3.8, 4) is 0 Å². The highest BCUT2D eigenvalue weighted by atomic mass is 35.5. The number of nitrogens with zero attached hydrogens (tertiary/aromatic N) is 2. The standard InChI is InChI=1S/C21H30ClN3O2/c1-14-23-17(25-27-14)21(6-4-2-3-5-7-21)24-18(26)19-9-15-8-16(10-19)12-20(22,11-15)13-19/h15-16H,2-13H2,1H3,(H,24,26)/t15-,16-,19?,20?/m1/s1. The van der Waals surface area contributed by atoms with Gasteiger partial charge in [-0.25, -0.2) is 0 Å². The van der Waals surface area contributed by atoms with Crippen LogP contribution in [0.2, 0.25) is 0 Å². The quantitative estimate of drug-likeness (QED) is 0.602. The fourth-order valence-electron chi connectivity index (χ4n) is 7.00. The van der Waals surface area contributed by atoms with E-state index in [1.807, 2.05) is 6.92 Å². The van der Waals surface area contributed by atoms with Crippen molar-refractivity contribution >= 4 is 17.5 Å². The maximum atomic E-state index is 13.7. The van der Waals surface area contributed by atoms with Crippen LogP contribution < -0.4 is 5.32 Å². The van der Waals surface area contributed by atoms with Gasteiger partial charge < -0.3 is 9.84 Å². The van der Waals surface area contributed by atoms with E-state index in [1.165, 1.54) is 19.3 Å². The number of aromatic nitrogens is 2. The molecule has 5 fully saturated rings. The SMILES string of the molecule is Cc1nc(C2(NC(=O)C34C[C@H]5C[C@@H](CC(Cl)(C5)C3)C4)CCCCCC2)no1. The lowest BCUT2D eigenvalue weighted by molar-refractivity contribution is -0.147. The van der Waals surface area contributed by atoms with Gasteiger partial charge in [0.15, 0.2) is 5.82 Å². The molecule has 1 aromatic heterocycles. The van der Waals surface area contributed by atoms with Crippen LogP contribution >= 0.6 is 11.6 Å². The average Bonchev–Trinajstić information content (AvgIpc) is 2.88. The smallest absolute Gasteiger partial charge is 0.227 e. The van der Waals surface area contributed by atoms with Gasteiger partial charge in [0.05, 0.1) is 5.41 Å². The number of alkyl halides is 1. The minimum absolute atomic E-state index is 0.152. The van der Waals surface area contributed by atoms with Crippen LogP contribution in [0.4, 0.5) is 0 Å². The highest BCUT2D eigenvalue weighted by Gasteiger charge is 2.60. The summed E-state index contributed by atoms with van der Waals surface area (Å²) in [4.78, 5) is 18.1. The van der Waals surface area contributed by atoms with Gasteiger partial charge in [0.2, 0.25) is 11.8 Å². The summed E-state index contributed by atoms with van der Waals surface area (Å²) in [5.41, 5.74) is -0.766. The molecular weight excluding hydrogens is 362 g/mol. The molecule has 27 heavy (non-hydrogen) atoms. The van der Waals surface area contributed by atoms with Gasteiger partial charge in [-0.1, -0.05) is 30.8 Å². The Bertz CT molecular complexity index is 724. The molecule has 5 nitrogen and oxygen atoms in total. The Hall–Kier alpha value is -1.10. The van der Waals surface area contributed by atoms with Crippen LogP contribution in [0.1, 0.15) is 88.8 Å². The summed E-state index contributed by atoms with van der Waals surface area (Å²) in [6.45, 7) is 1.82. The molecule has 0 saturated heterocycles. The van der Waals surface area contributed by atoms with Gasteiger partial charge in [-0.05, 0) is 63.2 Å². The third kappa shape index (κ3) is 3.01. The first-order chi connectivity index (χ1) is 12.9. The summed E-state index contributed by atoms with van der Waals surface area (Å²) < 4.78 is 5.30. The van der Waals surface area contributed by atoms with Gasteiger partial charge >= 0.3 is 0 Å². The van der Waals surface area contributed by atoms with Crippen molar-refractivity contribution in [2.75, 3.05) is 0 Å². The van der Waals surface area contributed by atoms with E-state index >= 15 is 0 Å². The molecule has 5 aliphatic carbocycles. The highest BCUT2D eigenvalue weighted by molar-refractivity contribution is 6.24. The lowest BCUT2D eigenvalue weighted by Crippen LogP contribution is -2.61. The van der Waals surface area contributed by atoms with Crippen LogP contribution in [0.15, 0.2) is 4.52 Å². The molecule has 1 aromatic rings. The number of nitrogens with one attached hydrogen (secondary N) is 1. The molecule has 1 heterocycles. The van der Waals surface area contributed by atoms with Crippen molar-refractivity contribution in [1.82, 2.24) is 15.5 Å². The summed E-state index contributed by atoms with van der Waals surface area (Å²) in [5, 5.41) is 7.73. The Morgan fingerprint density at radius 2 is 1.78 bits per heavy atom. The number of aryl methyl sites for hydroxylation is 1. The maximum absolute atomic E-state index is 13.7. The summed E-state index contributed by atoms with van der Waals surface area (Å²) in [5.74, 6) is 2.67. The Kier molecular flexibility index (Phi) is 4.12. The molecule has 0 radical (unpaired) electrons. The molecule has 1 N–H and O–H groups in total. The summed E-state index contributed by atoms with van der Waals surface area (Å²) in [7, 11) is 0. The third-order valence-electron chi connectivity index (χ3n) is 7.74. The number of carbonyl (C=O) groups excluding carboxylic acids is 1. The first-order valence-electron chi connectivity index (χ1n) is 10.7. The van der Waals surface area contributed by atoms with E-state index in [0.717, 1.165) is 57.8 Å². The van der Waals surface area contributed by atoms with Crippen molar-refractivity contribution in [2.24, 2.45) is 17.3 Å². The number of rotatable bonds is 3. The zero-order chi connectivity index (χ0) is 18.7. The molecule has 0 aliphatic heterocycles. The lowest BCUT2D eigenvalue weighted by atomic mass is 9.49. The van der Waals surface area contributed by atoms with Crippen molar-refractivity contribution in [1.29, 1.82) is 0 Å². The first kappa shape index (κ1) is 18.0. The van der Waals surface area contributed by atoms with Gasteiger partial charge in [-0.15, -0.1) is 11.6 Å². The summed E-state index contributed by atoms with van der Waals surface area (Å²) >= 11 is 6.97. The van der Waals surface area contributed by atoms with E-state index in [9.17, 15) is 4.79 Å². The zero-order valence-corrected chi connectivity index (χ0v) is 17.0. The van der Waals surface area contributed by atoms with Crippen LogP contribution in [-0.4, -0.2) is 20.9 Å². The van der Waals surface area contributed by atoms with Gasteiger partial charge in [0, 0.05) is 11.8 Å². The number of hydrogen-bond donors (Lipinski definition) is 1. The van der Waals surface area contributed by atoms with Crippen LogP contribution in [-0.2, 0) is 10.3 Å². The zero-order valence-electron chi connectivity index (χ0n) is 16.2. The summed E-state index contributed by atoms with van der Waals surface area (Å²) in [6.07, 6.45) is 12.7. The number of amides is 1. The van der Waals surface area contributed by atoms with Crippen molar-refractivity contribution < 1.29 is 9.32 Å². The van der Waals surface area contributed by atoms with E-state index in [-0.39, 0.29) is 16.2 Å². The number of hydrogen-bond acceptors (Lipinski definition) is 4. The molecule has 0 unspecified atom stereocenters. The van der Waals surface area contributed by atoms with Crippen molar-refractivity contribution in [3.05, 3.63) is 11.7 Å². The average molecular weight is 392 g/mol. The largest absolute Gasteiger partial charge is 0.343 e. The summed E-state index contributed by atoms with van der Waals surface area (Å²) in [6, 6.07) is 0. The monoisotopic (exact) mass is 391 g/mol. The Labute approximate surface area is 166 Å². The van der Waals surface area contributed by atoms with E-state index in [0.29, 0.717) is 23.6 Å². The Morgan fingerprint density at radius 3 is 2.33 bits per heavy atom. The maximum Gasteiger partial charge on any atom is 0.227 e. The molecule has 0 spiro atoms. The minimum Gasteiger partial charge on any atom is -0.343 e. The molecule has 6 heteroatoms. The lowest BCUT2D eigenvalue weighted by Gasteiger charge is -2.59. The van der Waals surface area contributed by atoms with Crippen LogP contribution in [0.25, 0.3) is 0 Å². The Balaban J connectivity index is 1.45. The molecular formula is C21H30ClN3O2. The molecule has 5 saturated carbocycles. The predicted octanol–water partition coefficient (Wildman–Crippen LogP) is 4.62. The number of carbonyl (C=O) groups is 1. The van der Waals surface area contributed by atoms with Gasteiger partial charge in [-0.3, -0.25) is 4.79 Å². The molecule has 1 amide bonds. The number of halogens is 1. The van der Waals surface area contributed by atoms with Crippen molar-refractivity contribution in [2.45, 2.75) is 94.4 Å². The first-order valence-corrected chi connectivity index (χ1v) is 11.1. The van der Waals surface area contributed by atoms with Crippen LogP contribution in [0.3, 0.4) is 0 Å². The normalized spacial score (nSPS) is 39.9. The topological polar surface area (TPSA) is 68.0 Å². The molecule has 0 aromatic carbocycles. The second-order valence-corrected chi connectivity index (χ2v) is 10.8. The van der Waals surface area contributed by atoms with E-state index < -0.39 is 5.54 Å². The molecule has 4 bridgehead atoms. The van der Waals surface area contributed by atoms with E-state index in [2.05, 4.69) is 15.5 Å².